The number of hydrogen-bond acceptors (Lipinski definition) is 5. The van der Waals surface area contributed by atoms with Crippen LogP contribution >= 0.6 is 11.8 Å². The van der Waals surface area contributed by atoms with Gasteiger partial charge in [0.2, 0.25) is 0 Å². The first kappa shape index (κ1) is 18.9. The monoisotopic (exact) mass is 360 g/mol. The average Bonchev–Trinajstić information content (AvgIpc) is 2.63. The molecule has 7 heteroatoms. The highest BCUT2D eigenvalue weighted by molar-refractivity contribution is 7.99. The van der Waals surface area contributed by atoms with Gasteiger partial charge in [-0.05, 0) is 24.0 Å². The van der Waals surface area contributed by atoms with Crippen LogP contribution in [0.15, 0.2) is 48.5 Å². The summed E-state index contributed by atoms with van der Waals surface area (Å²) in [6.07, 6.45) is 1.63. The highest BCUT2D eigenvalue weighted by atomic mass is 32.2. The van der Waals surface area contributed by atoms with E-state index in [4.69, 9.17) is 0 Å². The van der Waals surface area contributed by atoms with Crippen LogP contribution in [0, 0.1) is 20.2 Å². The lowest BCUT2D eigenvalue weighted by Gasteiger charge is -2.22. The normalized spacial score (nSPS) is 13.2. The number of benzene rings is 2. The minimum atomic E-state index is -0.390. The number of thioether (sulfide) groups is 1. The Morgan fingerprint density at radius 2 is 1.24 bits per heavy atom. The summed E-state index contributed by atoms with van der Waals surface area (Å²) in [5.74, 6) is 0. The molecule has 0 heterocycles. The predicted molar refractivity (Wildman–Crippen MR) is 99.8 cm³/mol. The highest BCUT2D eigenvalue weighted by Crippen LogP contribution is 2.45. The van der Waals surface area contributed by atoms with Crippen molar-refractivity contribution < 1.29 is 9.85 Å². The third-order valence-electron chi connectivity index (χ3n) is 3.98. The van der Waals surface area contributed by atoms with Gasteiger partial charge in [-0.25, -0.2) is 0 Å². The summed E-state index contributed by atoms with van der Waals surface area (Å²) in [5, 5.41) is 22.2. The molecular weight excluding hydrogens is 340 g/mol. The van der Waals surface area contributed by atoms with Gasteiger partial charge in [0, 0.05) is 34.8 Å². The molecule has 0 fully saturated rings. The zero-order chi connectivity index (χ0) is 18.4. The van der Waals surface area contributed by atoms with Crippen LogP contribution in [0.5, 0.6) is 0 Å². The van der Waals surface area contributed by atoms with Gasteiger partial charge >= 0.3 is 0 Å². The summed E-state index contributed by atoms with van der Waals surface area (Å²) in [6, 6.07) is 13.4. The number of nitro groups is 2. The predicted octanol–water partition coefficient (Wildman–Crippen LogP) is 5.84. The van der Waals surface area contributed by atoms with Crippen LogP contribution in [-0.2, 0) is 0 Å². The standard InChI is InChI=1S/C18H20N2O4S/c1-3-17(13-7-5-9-15(11-13)19(21)22)25-18(4-2)14-8-6-10-16(12-14)20(23)24/h5-12,17-18H,3-4H2,1-2H3. The van der Waals surface area contributed by atoms with Gasteiger partial charge in [-0.3, -0.25) is 20.2 Å². The average molecular weight is 360 g/mol. The molecule has 0 aliphatic heterocycles. The van der Waals surface area contributed by atoms with Gasteiger partial charge in [0.25, 0.3) is 11.4 Å². The van der Waals surface area contributed by atoms with Gasteiger partial charge in [-0.15, -0.1) is 11.8 Å². The van der Waals surface area contributed by atoms with Crippen molar-refractivity contribution in [1.82, 2.24) is 0 Å². The summed E-state index contributed by atoms with van der Waals surface area (Å²) in [7, 11) is 0. The van der Waals surface area contributed by atoms with Crippen molar-refractivity contribution >= 4 is 23.1 Å². The zero-order valence-corrected chi connectivity index (χ0v) is 14.9. The lowest BCUT2D eigenvalue weighted by molar-refractivity contribution is -0.385. The summed E-state index contributed by atoms with van der Waals surface area (Å²) in [6.45, 7) is 4.08. The van der Waals surface area contributed by atoms with Gasteiger partial charge in [-0.2, -0.15) is 0 Å². The maximum Gasteiger partial charge on any atom is 0.269 e. The van der Waals surface area contributed by atoms with E-state index in [-0.39, 0.29) is 21.9 Å². The second kappa shape index (κ2) is 8.62. The maximum absolute atomic E-state index is 11.0. The molecule has 2 unspecified atom stereocenters. The first-order valence-electron chi connectivity index (χ1n) is 8.10. The fourth-order valence-corrected chi connectivity index (χ4v) is 4.09. The third kappa shape index (κ3) is 4.79. The van der Waals surface area contributed by atoms with Crippen molar-refractivity contribution in [1.29, 1.82) is 0 Å². The van der Waals surface area contributed by atoms with Crippen molar-refractivity contribution in [3.63, 3.8) is 0 Å². The van der Waals surface area contributed by atoms with Crippen LogP contribution in [-0.4, -0.2) is 9.85 Å². The van der Waals surface area contributed by atoms with E-state index in [1.54, 1.807) is 36.0 Å². The minimum Gasteiger partial charge on any atom is -0.258 e. The molecule has 0 saturated heterocycles. The fourth-order valence-electron chi connectivity index (χ4n) is 2.70. The van der Waals surface area contributed by atoms with E-state index in [1.807, 2.05) is 26.0 Å². The van der Waals surface area contributed by atoms with Gasteiger partial charge < -0.3 is 0 Å². The van der Waals surface area contributed by atoms with Crippen molar-refractivity contribution in [2.45, 2.75) is 37.2 Å². The first-order valence-corrected chi connectivity index (χ1v) is 9.04. The Kier molecular flexibility index (Phi) is 6.52. The molecule has 2 atom stereocenters. The Hall–Kier alpha value is -2.41. The van der Waals surface area contributed by atoms with Crippen molar-refractivity contribution in [2.75, 3.05) is 0 Å². The minimum absolute atomic E-state index is 0.0833. The van der Waals surface area contributed by atoms with Gasteiger partial charge in [0.1, 0.15) is 0 Å². The number of nitro benzene ring substituents is 2. The molecule has 6 nitrogen and oxygen atoms in total. The van der Waals surface area contributed by atoms with Crippen LogP contribution in [0.4, 0.5) is 11.4 Å². The Balaban J connectivity index is 2.26. The maximum atomic E-state index is 11.0. The molecule has 0 amide bonds. The molecule has 2 aromatic carbocycles. The van der Waals surface area contributed by atoms with Crippen LogP contribution in [0.25, 0.3) is 0 Å². The van der Waals surface area contributed by atoms with E-state index in [0.717, 1.165) is 24.0 Å². The molecule has 0 aromatic heterocycles. The zero-order valence-electron chi connectivity index (χ0n) is 14.1. The molecular formula is C18H20N2O4S. The van der Waals surface area contributed by atoms with E-state index in [2.05, 4.69) is 0 Å². The molecule has 2 aromatic rings. The van der Waals surface area contributed by atoms with Crippen LogP contribution < -0.4 is 0 Å². The first-order chi connectivity index (χ1) is 12.0. The molecule has 25 heavy (non-hydrogen) atoms. The molecule has 0 aliphatic carbocycles. The summed E-state index contributed by atoms with van der Waals surface area (Å²) in [5.41, 5.74) is 1.98. The largest absolute Gasteiger partial charge is 0.269 e. The molecule has 0 spiro atoms. The number of nitrogens with zero attached hydrogens (tertiary/aromatic N) is 2. The topological polar surface area (TPSA) is 86.3 Å². The molecule has 0 radical (unpaired) electrons. The Labute approximate surface area is 150 Å². The van der Waals surface area contributed by atoms with Gasteiger partial charge in [0.05, 0.1) is 9.85 Å². The molecule has 2 rings (SSSR count). The SMILES string of the molecule is CCC(SC(CC)c1cccc([N+](=O)[O-])c1)c1cccc([N+](=O)[O-])c1. The van der Waals surface area contributed by atoms with E-state index >= 15 is 0 Å². The van der Waals surface area contributed by atoms with E-state index in [1.165, 1.54) is 12.1 Å². The fraction of sp³-hybridized carbons (Fsp3) is 0.333. The van der Waals surface area contributed by atoms with Crippen molar-refractivity contribution in [2.24, 2.45) is 0 Å². The van der Waals surface area contributed by atoms with E-state index < -0.39 is 9.85 Å². The molecule has 132 valence electrons. The Morgan fingerprint density at radius 1 is 0.840 bits per heavy atom. The molecule has 0 aliphatic rings. The number of rotatable bonds is 8. The van der Waals surface area contributed by atoms with E-state index in [9.17, 15) is 20.2 Å². The smallest absolute Gasteiger partial charge is 0.258 e. The Morgan fingerprint density at radius 3 is 1.56 bits per heavy atom. The molecule has 0 bridgehead atoms. The number of non-ortho nitro benzene ring substituents is 2. The van der Waals surface area contributed by atoms with Gasteiger partial charge in [-0.1, -0.05) is 38.1 Å². The van der Waals surface area contributed by atoms with Crippen LogP contribution in [0.2, 0.25) is 0 Å². The Bertz CT molecular complexity index is 703. The second-order valence-electron chi connectivity index (χ2n) is 5.63. The quantitative estimate of drug-likeness (QED) is 0.436. The van der Waals surface area contributed by atoms with Crippen LogP contribution in [0.1, 0.15) is 48.3 Å². The van der Waals surface area contributed by atoms with Crippen molar-refractivity contribution in [3.8, 4) is 0 Å². The number of hydrogen-bond donors (Lipinski definition) is 0. The van der Waals surface area contributed by atoms with E-state index in [0.29, 0.717) is 0 Å². The van der Waals surface area contributed by atoms with Crippen molar-refractivity contribution in [3.05, 3.63) is 79.9 Å². The molecule has 0 saturated carbocycles. The second-order valence-corrected chi connectivity index (χ2v) is 7.04. The lowest BCUT2D eigenvalue weighted by atomic mass is 10.1. The summed E-state index contributed by atoms with van der Waals surface area (Å²) in [4.78, 5) is 21.2. The third-order valence-corrected chi connectivity index (χ3v) is 5.84. The summed E-state index contributed by atoms with van der Waals surface area (Å²) >= 11 is 1.69. The lowest BCUT2D eigenvalue weighted by Crippen LogP contribution is -2.01. The summed E-state index contributed by atoms with van der Waals surface area (Å²) < 4.78 is 0. The van der Waals surface area contributed by atoms with Crippen LogP contribution in [0.3, 0.4) is 0 Å². The van der Waals surface area contributed by atoms with Gasteiger partial charge in [0.15, 0.2) is 0 Å². The highest BCUT2D eigenvalue weighted by Gasteiger charge is 2.21. The molecule has 0 N–H and O–H groups in total.